The Morgan fingerprint density at radius 3 is 2.82 bits per heavy atom. The molecule has 7 heteroatoms. The molecule has 0 spiro atoms. The SMILES string of the molecule is Cc1cc(NC(=O)OCCO)ccc1[N+](=O)[O-]. The molecule has 1 aromatic rings. The van der Waals surface area contributed by atoms with Crippen molar-refractivity contribution in [2.24, 2.45) is 0 Å². The smallest absolute Gasteiger partial charge is 0.411 e. The van der Waals surface area contributed by atoms with E-state index in [1.54, 1.807) is 6.92 Å². The van der Waals surface area contributed by atoms with Crippen LogP contribution in [0.15, 0.2) is 18.2 Å². The van der Waals surface area contributed by atoms with Crippen molar-refractivity contribution in [3.8, 4) is 0 Å². The highest BCUT2D eigenvalue weighted by molar-refractivity contribution is 5.85. The van der Waals surface area contributed by atoms with Gasteiger partial charge in [0, 0.05) is 17.3 Å². The number of hydrogen-bond acceptors (Lipinski definition) is 5. The molecule has 92 valence electrons. The first-order chi connectivity index (χ1) is 8.04. The van der Waals surface area contributed by atoms with Crippen LogP contribution in [0.2, 0.25) is 0 Å². The fourth-order valence-electron chi connectivity index (χ4n) is 1.23. The molecule has 0 atom stereocenters. The molecule has 0 heterocycles. The minimum absolute atomic E-state index is 0.0146. The van der Waals surface area contributed by atoms with Gasteiger partial charge >= 0.3 is 6.09 Å². The molecule has 0 aliphatic rings. The maximum Gasteiger partial charge on any atom is 0.411 e. The van der Waals surface area contributed by atoms with Crippen molar-refractivity contribution in [1.82, 2.24) is 0 Å². The van der Waals surface area contributed by atoms with Crippen molar-refractivity contribution in [3.63, 3.8) is 0 Å². The van der Waals surface area contributed by atoms with E-state index in [0.29, 0.717) is 11.3 Å². The second-order valence-electron chi connectivity index (χ2n) is 3.24. The van der Waals surface area contributed by atoms with E-state index < -0.39 is 11.0 Å². The molecular weight excluding hydrogens is 228 g/mol. The molecule has 17 heavy (non-hydrogen) atoms. The lowest BCUT2D eigenvalue weighted by molar-refractivity contribution is -0.385. The van der Waals surface area contributed by atoms with Crippen molar-refractivity contribution in [1.29, 1.82) is 0 Å². The number of nitro groups is 1. The second kappa shape index (κ2) is 5.80. The Bertz CT molecular complexity index is 433. The number of hydrogen-bond donors (Lipinski definition) is 2. The summed E-state index contributed by atoms with van der Waals surface area (Å²) in [5.41, 5.74) is 0.824. The number of rotatable bonds is 4. The van der Waals surface area contributed by atoms with Crippen LogP contribution in [0.3, 0.4) is 0 Å². The van der Waals surface area contributed by atoms with Gasteiger partial charge in [-0.15, -0.1) is 0 Å². The fraction of sp³-hybridized carbons (Fsp3) is 0.300. The molecule has 0 radical (unpaired) electrons. The Hall–Kier alpha value is -2.15. The van der Waals surface area contributed by atoms with E-state index >= 15 is 0 Å². The first-order valence-corrected chi connectivity index (χ1v) is 4.84. The Balaban J connectivity index is 2.70. The number of benzene rings is 1. The summed E-state index contributed by atoms with van der Waals surface area (Å²) in [7, 11) is 0. The molecule has 1 aromatic carbocycles. The predicted molar refractivity (Wildman–Crippen MR) is 59.9 cm³/mol. The lowest BCUT2D eigenvalue weighted by Gasteiger charge is -2.06. The number of aryl methyl sites for hydroxylation is 1. The highest BCUT2D eigenvalue weighted by atomic mass is 16.6. The summed E-state index contributed by atoms with van der Waals surface area (Å²) < 4.78 is 4.58. The zero-order valence-corrected chi connectivity index (χ0v) is 9.17. The Kier molecular flexibility index (Phi) is 4.41. The molecule has 0 aromatic heterocycles. The van der Waals surface area contributed by atoms with E-state index in [1.807, 2.05) is 0 Å². The summed E-state index contributed by atoms with van der Waals surface area (Å²) in [6, 6.07) is 4.18. The number of carbonyl (C=O) groups is 1. The highest BCUT2D eigenvalue weighted by Gasteiger charge is 2.11. The molecule has 2 N–H and O–H groups in total. The third kappa shape index (κ3) is 3.72. The van der Waals surface area contributed by atoms with Crippen LogP contribution < -0.4 is 5.32 Å². The van der Waals surface area contributed by atoms with E-state index in [1.165, 1.54) is 18.2 Å². The Morgan fingerprint density at radius 2 is 2.29 bits per heavy atom. The lowest BCUT2D eigenvalue weighted by Crippen LogP contribution is -2.15. The van der Waals surface area contributed by atoms with Gasteiger partial charge < -0.3 is 9.84 Å². The summed E-state index contributed by atoms with van der Waals surface area (Å²) >= 11 is 0. The Morgan fingerprint density at radius 1 is 1.59 bits per heavy atom. The molecule has 0 saturated heterocycles. The lowest BCUT2D eigenvalue weighted by atomic mass is 10.2. The molecule has 7 nitrogen and oxygen atoms in total. The Labute approximate surface area is 97.2 Å². The van der Waals surface area contributed by atoms with Crippen molar-refractivity contribution >= 4 is 17.5 Å². The van der Waals surface area contributed by atoms with E-state index in [-0.39, 0.29) is 18.9 Å². The summed E-state index contributed by atoms with van der Waals surface area (Å²) in [5.74, 6) is 0. The summed E-state index contributed by atoms with van der Waals surface area (Å²) in [6.45, 7) is 1.22. The largest absolute Gasteiger partial charge is 0.447 e. The zero-order chi connectivity index (χ0) is 12.8. The highest BCUT2D eigenvalue weighted by Crippen LogP contribution is 2.21. The summed E-state index contributed by atoms with van der Waals surface area (Å²) in [4.78, 5) is 21.2. The molecule has 0 fully saturated rings. The number of nitrogens with zero attached hydrogens (tertiary/aromatic N) is 1. The van der Waals surface area contributed by atoms with Crippen molar-refractivity contribution in [2.45, 2.75) is 6.92 Å². The molecule has 0 aliphatic carbocycles. The number of anilines is 1. The minimum Gasteiger partial charge on any atom is -0.447 e. The quantitative estimate of drug-likeness (QED) is 0.612. The minimum atomic E-state index is -0.715. The van der Waals surface area contributed by atoms with Gasteiger partial charge in [-0.1, -0.05) is 0 Å². The van der Waals surface area contributed by atoms with E-state index in [4.69, 9.17) is 5.11 Å². The number of carbonyl (C=O) groups excluding carboxylic acids is 1. The second-order valence-corrected chi connectivity index (χ2v) is 3.24. The van der Waals surface area contributed by atoms with Gasteiger partial charge in [-0.25, -0.2) is 4.79 Å². The monoisotopic (exact) mass is 240 g/mol. The summed E-state index contributed by atoms with van der Waals surface area (Å²) in [6.07, 6.45) is -0.715. The summed E-state index contributed by atoms with van der Waals surface area (Å²) in [5, 5.41) is 21.4. The van der Waals surface area contributed by atoms with E-state index in [9.17, 15) is 14.9 Å². The molecule has 0 unspecified atom stereocenters. The molecular formula is C10H12N2O5. The zero-order valence-electron chi connectivity index (χ0n) is 9.17. The topological polar surface area (TPSA) is 102 Å². The molecule has 0 aliphatic heterocycles. The van der Waals surface area contributed by atoms with Crippen LogP contribution in [-0.2, 0) is 4.74 Å². The van der Waals surface area contributed by atoms with Gasteiger partial charge in [0.2, 0.25) is 0 Å². The third-order valence-electron chi connectivity index (χ3n) is 1.96. The van der Waals surface area contributed by atoms with Gasteiger partial charge in [0.05, 0.1) is 11.5 Å². The van der Waals surface area contributed by atoms with Crippen LogP contribution in [0, 0.1) is 17.0 Å². The number of aliphatic hydroxyl groups excluding tert-OH is 1. The number of amides is 1. The van der Waals surface area contributed by atoms with Crippen molar-refractivity contribution < 1.29 is 19.6 Å². The van der Waals surface area contributed by atoms with Gasteiger partial charge in [0.15, 0.2) is 0 Å². The van der Waals surface area contributed by atoms with E-state index in [2.05, 4.69) is 10.1 Å². The standard InChI is InChI=1S/C10H12N2O5/c1-7-6-8(2-3-9(7)12(15)16)11-10(14)17-5-4-13/h2-3,6,13H,4-5H2,1H3,(H,11,14). The van der Waals surface area contributed by atoms with Crippen LogP contribution in [-0.4, -0.2) is 29.3 Å². The van der Waals surface area contributed by atoms with Crippen LogP contribution in [0.1, 0.15) is 5.56 Å². The van der Waals surface area contributed by atoms with Gasteiger partial charge in [-0.3, -0.25) is 15.4 Å². The molecule has 1 amide bonds. The maximum atomic E-state index is 11.1. The normalized spacial score (nSPS) is 9.76. The number of ether oxygens (including phenoxy) is 1. The number of aliphatic hydroxyl groups is 1. The third-order valence-corrected chi connectivity index (χ3v) is 1.96. The van der Waals surface area contributed by atoms with Gasteiger partial charge in [0.25, 0.3) is 5.69 Å². The average molecular weight is 240 g/mol. The fourth-order valence-corrected chi connectivity index (χ4v) is 1.23. The predicted octanol–water partition coefficient (Wildman–Crippen LogP) is 1.44. The first kappa shape index (κ1) is 12.9. The van der Waals surface area contributed by atoms with Gasteiger partial charge in [-0.05, 0) is 19.1 Å². The van der Waals surface area contributed by atoms with Crippen LogP contribution in [0.5, 0.6) is 0 Å². The first-order valence-electron chi connectivity index (χ1n) is 4.84. The van der Waals surface area contributed by atoms with E-state index in [0.717, 1.165) is 0 Å². The molecule has 0 bridgehead atoms. The molecule has 0 saturated carbocycles. The maximum absolute atomic E-state index is 11.1. The molecule has 1 rings (SSSR count). The van der Waals surface area contributed by atoms with Crippen LogP contribution in [0.25, 0.3) is 0 Å². The number of nitro benzene ring substituents is 1. The van der Waals surface area contributed by atoms with Gasteiger partial charge in [-0.2, -0.15) is 0 Å². The van der Waals surface area contributed by atoms with Crippen molar-refractivity contribution in [2.75, 3.05) is 18.5 Å². The average Bonchev–Trinajstić information content (AvgIpc) is 2.26. The van der Waals surface area contributed by atoms with Crippen LogP contribution in [0.4, 0.5) is 16.2 Å². The van der Waals surface area contributed by atoms with Crippen molar-refractivity contribution in [3.05, 3.63) is 33.9 Å². The van der Waals surface area contributed by atoms with Crippen LogP contribution >= 0.6 is 0 Å². The van der Waals surface area contributed by atoms with Gasteiger partial charge in [0.1, 0.15) is 6.61 Å². The number of nitrogens with one attached hydrogen (secondary N) is 1.